The van der Waals surface area contributed by atoms with Crippen LogP contribution in [-0.4, -0.2) is 25.8 Å². The third-order valence-corrected chi connectivity index (χ3v) is 5.50. The number of ether oxygens (including phenoxy) is 1. The molecule has 0 saturated carbocycles. The topological polar surface area (TPSA) is 21.3 Å². The quantitative estimate of drug-likeness (QED) is 0.796. The van der Waals surface area contributed by atoms with E-state index in [0.29, 0.717) is 11.6 Å². The number of halogens is 2. The Hall–Kier alpha value is -0.710. The summed E-state index contributed by atoms with van der Waals surface area (Å²) >= 11 is 14.4. The van der Waals surface area contributed by atoms with Crippen molar-refractivity contribution in [1.29, 1.82) is 0 Å². The molecule has 1 unspecified atom stereocenters. The fourth-order valence-electron chi connectivity index (χ4n) is 2.50. The Labute approximate surface area is 145 Å². The third kappa shape index (κ3) is 3.98. The number of nitrogens with one attached hydrogen (secondary N) is 1. The van der Waals surface area contributed by atoms with Crippen molar-refractivity contribution in [2.24, 2.45) is 0 Å². The van der Waals surface area contributed by atoms with Crippen molar-refractivity contribution in [2.45, 2.75) is 16.2 Å². The average Bonchev–Trinajstić information content (AvgIpc) is 2.57. The first-order valence-corrected chi connectivity index (χ1v) is 8.86. The van der Waals surface area contributed by atoms with Crippen LogP contribution in [0.15, 0.2) is 53.4 Å². The molecule has 2 aromatic rings. The second-order valence-corrected chi connectivity index (χ2v) is 7.19. The van der Waals surface area contributed by atoms with Crippen LogP contribution in [0.25, 0.3) is 0 Å². The van der Waals surface area contributed by atoms with Crippen LogP contribution >= 0.6 is 35.0 Å². The summed E-state index contributed by atoms with van der Waals surface area (Å²) in [6, 6.07) is 15.9. The van der Waals surface area contributed by atoms with Crippen molar-refractivity contribution in [3.63, 3.8) is 0 Å². The number of morpholine rings is 1. The van der Waals surface area contributed by atoms with Gasteiger partial charge in [-0.05, 0) is 35.9 Å². The molecule has 1 heterocycles. The van der Waals surface area contributed by atoms with Crippen LogP contribution in [0.2, 0.25) is 10.0 Å². The maximum absolute atomic E-state index is 6.43. The van der Waals surface area contributed by atoms with Gasteiger partial charge < -0.3 is 10.1 Å². The first-order chi connectivity index (χ1) is 10.7. The molecular weight excluding hydrogens is 337 g/mol. The van der Waals surface area contributed by atoms with Gasteiger partial charge in [0.25, 0.3) is 0 Å². The summed E-state index contributed by atoms with van der Waals surface area (Å²) < 4.78 is 5.98. The molecular formula is C17H17Cl2NOS. The van der Waals surface area contributed by atoms with Gasteiger partial charge in [0.1, 0.15) is 0 Å². The molecule has 1 aliphatic rings. The highest BCUT2D eigenvalue weighted by atomic mass is 35.5. The molecule has 3 rings (SSSR count). The maximum atomic E-state index is 6.43. The van der Waals surface area contributed by atoms with E-state index in [1.165, 1.54) is 4.90 Å². The number of benzene rings is 2. The highest BCUT2D eigenvalue weighted by Crippen LogP contribution is 2.42. The Balaban J connectivity index is 1.92. The summed E-state index contributed by atoms with van der Waals surface area (Å²) in [6.07, 6.45) is 0.0647. The predicted molar refractivity (Wildman–Crippen MR) is 94.1 cm³/mol. The summed E-state index contributed by atoms with van der Waals surface area (Å²) in [7, 11) is 0. The van der Waals surface area contributed by atoms with Crippen LogP contribution in [0.3, 0.4) is 0 Å². The van der Waals surface area contributed by atoms with Crippen molar-refractivity contribution in [3.8, 4) is 0 Å². The fourth-order valence-corrected chi connectivity index (χ4v) is 4.23. The van der Waals surface area contributed by atoms with E-state index in [1.807, 2.05) is 36.4 Å². The van der Waals surface area contributed by atoms with E-state index in [4.69, 9.17) is 27.9 Å². The molecule has 5 heteroatoms. The Morgan fingerprint density at radius 1 is 1.14 bits per heavy atom. The fraction of sp³-hybridized carbons (Fsp3) is 0.294. The molecule has 116 valence electrons. The number of hydrogen-bond donors (Lipinski definition) is 1. The molecule has 22 heavy (non-hydrogen) atoms. The van der Waals surface area contributed by atoms with Gasteiger partial charge in [0.05, 0.1) is 18.0 Å². The molecule has 0 amide bonds. The molecule has 1 fully saturated rings. The SMILES string of the molecule is Clc1ccc(Cl)c(C(Sc2ccccc2)[C@H]2CNCCO2)c1. The molecule has 2 nitrogen and oxygen atoms in total. The standard InChI is InChI=1S/C17H17Cl2NOS/c18-12-6-7-15(19)14(10-12)17(16-11-20-8-9-21-16)22-13-4-2-1-3-5-13/h1-7,10,16-17,20H,8-9,11H2/t16-,17?/m1/s1. The molecule has 1 aliphatic heterocycles. The monoisotopic (exact) mass is 353 g/mol. The lowest BCUT2D eigenvalue weighted by Gasteiger charge is -2.31. The lowest BCUT2D eigenvalue weighted by molar-refractivity contribution is 0.0273. The van der Waals surface area contributed by atoms with Crippen LogP contribution in [0, 0.1) is 0 Å². The number of hydrogen-bond acceptors (Lipinski definition) is 3. The van der Waals surface area contributed by atoms with Crippen molar-refractivity contribution < 1.29 is 4.74 Å². The van der Waals surface area contributed by atoms with Gasteiger partial charge in [0.2, 0.25) is 0 Å². The minimum Gasteiger partial charge on any atom is -0.374 e. The Bertz CT molecular complexity index is 617. The summed E-state index contributed by atoms with van der Waals surface area (Å²) in [4.78, 5) is 1.19. The summed E-state index contributed by atoms with van der Waals surface area (Å²) in [5.74, 6) is 0. The molecule has 2 aromatic carbocycles. The van der Waals surface area contributed by atoms with Gasteiger partial charge in [-0.1, -0.05) is 41.4 Å². The first-order valence-electron chi connectivity index (χ1n) is 7.23. The normalized spacial score (nSPS) is 19.8. The summed E-state index contributed by atoms with van der Waals surface area (Å²) in [6.45, 7) is 2.42. The van der Waals surface area contributed by atoms with Crippen molar-refractivity contribution in [1.82, 2.24) is 5.32 Å². The average molecular weight is 354 g/mol. The molecule has 2 atom stereocenters. The van der Waals surface area contributed by atoms with E-state index in [2.05, 4.69) is 17.4 Å². The van der Waals surface area contributed by atoms with Crippen molar-refractivity contribution in [2.75, 3.05) is 19.7 Å². The number of thioether (sulfide) groups is 1. The summed E-state index contributed by atoms with van der Waals surface area (Å²) in [5, 5.41) is 4.91. The van der Waals surface area contributed by atoms with E-state index in [1.54, 1.807) is 11.8 Å². The van der Waals surface area contributed by atoms with Gasteiger partial charge in [-0.3, -0.25) is 0 Å². The predicted octanol–water partition coefficient (Wildman–Crippen LogP) is 4.82. The second-order valence-electron chi connectivity index (χ2n) is 5.13. The molecule has 1 N–H and O–H groups in total. The van der Waals surface area contributed by atoms with E-state index < -0.39 is 0 Å². The van der Waals surface area contributed by atoms with E-state index >= 15 is 0 Å². The van der Waals surface area contributed by atoms with Gasteiger partial charge in [0.15, 0.2) is 0 Å². The van der Waals surface area contributed by atoms with E-state index in [0.717, 1.165) is 23.7 Å². The maximum Gasteiger partial charge on any atom is 0.0863 e. The number of rotatable bonds is 4. The zero-order valence-corrected chi connectivity index (χ0v) is 14.3. The largest absolute Gasteiger partial charge is 0.374 e. The molecule has 0 radical (unpaired) electrons. The van der Waals surface area contributed by atoms with Gasteiger partial charge >= 0.3 is 0 Å². The first kappa shape index (κ1) is 16.2. The lowest BCUT2D eigenvalue weighted by atomic mass is 10.1. The van der Waals surface area contributed by atoms with Crippen LogP contribution in [0.5, 0.6) is 0 Å². The Morgan fingerprint density at radius 2 is 1.95 bits per heavy atom. The Morgan fingerprint density at radius 3 is 2.68 bits per heavy atom. The van der Waals surface area contributed by atoms with Crippen molar-refractivity contribution in [3.05, 3.63) is 64.1 Å². The van der Waals surface area contributed by atoms with Crippen molar-refractivity contribution >= 4 is 35.0 Å². The molecule has 0 aromatic heterocycles. The van der Waals surface area contributed by atoms with Crippen LogP contribution in [0.4, 0.5) is 0 Å². The summed E-state index contributed by atoms with van der Waals surface area (Å²) in [5.41, 5.74) is 1.02. The highest BCUT2D eigenvalue weighted by molar-refractivity contribution is 7.99. The van der Waals surface area contributed by atoms with Crippen LogP contribution in [0.1, 0.15) is 10.8 Å². The minimum atomic E-state index is 0.0647. The molecule has 0 spiro atoms. The lowest BCUT2D eigenvalue weighted by Crippen LogP contribution is -2.41. The third-order valence-electron chi connectivity index (χ3n) is 3.56. The van der Waals surface area contributed by atoms with Crippen LogP contribution < -0.4 is 5.32 Å². The minimum absolute atomic E-state index is 0.0647. The molecule has 1 saturated heterocycles. The van der Waals surface area contributed by atoms with Crippen LogP contribution in [-0.2, 0) is 4.74 Å². The second kappa shape index (κ2) is 7.71. The zero-order chi connectivity index (χ0) is 15.4. The van der Waals surface area contributed by atoms with Gasteiger partial charge in [0, 0.05) is 28.0 Å². The van der Waals surface area contributed by atoms with Gasteiger partial charge in [-0.2, -0.15) is 0 Å². The highest BCUT2D eigenvalue weighted by Gasteiger charge is 2.28. The zero-order valence-electron chi connectivity index (χ0n) is 12.0. The Kier molecular flexibility index (Phi) is 5.66. The molecule has 0 bridgehead atoms. The van der Waals surface area contributed by atoms with Gasteiger partial charge in [-0.25, -0.2) is 0 Å². The van der Waals surface area contributed by atoms with E-state index in [-0.39, 0.29) is 11.4 Å². The smallest absolute Gasteiger partial charge is 0.0863 e. The van der Waals surface area contributed by atoms with Gasteiger partial charge in [-0.15, -0.1) is 11.8 Å². The van der Waals surface area contributed by atoms with E-state index in [9.17, 15) is 0 Å². The molecule has 0 aliphatic carbocycles.